The lowest BCUT2D eigenvalue weighted by Crippen LogP contribution is -2.28. The number of rotatable bonds is 9. The van der Waals surface area contributed by atoms with E-state index >= 15 is 0 Å². The van der Waals surface area contributed by atoms with Crippen LogP contribution in [0, 0.1) is 0 Å². The molecule has 4 N–H and O–H groups in total. The largest absolute Gasteiger partial charge is 0.465 e. The minimum atomic E-state index is -0.575. The lowest BCUT2D eigenvalue weighted by atomic mass is 10.2. The van der Waals surface area contributed by atoms with Crippen molar-refractivity contribution in [2.24, 2.45) is 11.5 Å². The second kappa shape index (κ2) is 9.47. The molecule has 18 heavy (non-hydrogen) atoms. The zero-order valence-electron chi connectivity index (χ0n) is 10.8. The second-order valence-corrected chi connectivity index (χ2v) is 4.03. The van der Waals surface area contributed by atoms with Crippen LogP contribution in [0.1, 0.15) is 32.6 Å². The predicted octanol–water partition coefficient (Wildman–Crippen LogP) is 0.453. The van der Waals surface area contributed by atoms with Crippen LogP contribution < -0.4 is 11.5 Å². The van der Waals surface area contributed by atoms with Crippen LogP contribution in [-0.2, 0) is 19.1 Å². The molecular formula is C12H22N2O4. The summed E-state index contributed by atoms with van der Waals surface area (Å²) < 4.78 is 9.72. The highest BCUT2D eigenvalue weighted by Crippen LogP contribution is 2.01. The topological polar surface area (TPSA) is 105 Å². The van der Waals surface area contributed by atoms with Crippen molar-refractivity contribution < 1.29 is 19.1 Å². The Kier molecular flexibility index (Phi) is 8.65. The van der Waals surface area contributed by atoms with E-state index in [0.29, 0.717) is 13.2 Å². The molecule has 0 heterocycles. The minimum absolute atomic E-state index is 0.0854. The molecule has 0 aliphatic rings. The zero-order valence-corrected chi connectivity index (χ0v) is 10.8. The number of ether oxygens (including phenoxy) is 2. The summed E-state index contributed by atoms with van der Waals surface area (Å²) in [6.07, 6.45) is 3.31. The van der Waals surface area contributed by atoms with Crippen LogP contribution in [-0.4, -0.2) is 31.2 Å². The van der Waals surface area contributed by atoms with Crippen molar-refractivity contribution in [3.63, 3.8) is 0 Å². The van der Waals surface area contributed by atoms with Gasteiger partial charge < -0.3 is 20.9 Å². The van der Waals surface area contributed by atoms with Crippen LogP contribution in [0.3, 0.4) is 0 Å². The van der Waals surface area contributed by atoms with Gasteiger partial charge in [-0.05, 0) is 32.6 Å². The van der Waals surface area contributed by atoms with Gasteiger partial charge in [0.25, 0.3) is 0 Å². The first-order valence-corrected chi connectivity index (χ1v) is 5.99. The molecule has 0 radical (unpaired) electrons. The predicted molar refractivity (Wildman–Crippen MR) is 67.4 cm³/mol. The Balaban J connectivity index is 3.29. The van der Waals surface area contributed by atoms with Gasteiger partial charge >= 0.3 is 11.9 Å². The smallest absolute Gasteiger partial charge is 0.353 e. The van der Waals surface area contributed by atoms with Crippen LogP contribution in [0.4, 0.5) is 0 Å². The van der Waals surface area contributed by atoms with Gasteiger partial charge in [0.2, 0.25) is 0 Å². The fourth-order valence-electron chi connectivity index (χ4n) is 1.12. The summed E-state index contributed by atoms with van der Waals surface area (Å²) in [5.41, 5.74) is 10.4. The highest BCUT2D eigenvalue weighted by molar-refractivity contribution is 5.86. The summed E-state index contributed by atoms with van der Waals surface area (Å²) in [6.45, 7) is 5.56. The molecule has 0 aliphatic carbocycles. The molecule has 0 bridgehead atoms. The van der Waals surface area contributed by atoms with Gasteiger partial charge in [-0.15, -0.1) is 0 Å². The maximum Gasteiger partial charge on any atom is 0.353 e. The molecule has 0 aliphatic heterocycles. The van der Waals surface area contributed by atoms with Crippen LogP contribution in [0.25, 0.3) is 0 Å². The van der Waals surface area contributed by atoms with Gasteiger partial charge in [0.05, 0.1) is 13.2 Å². The van der Waals surface area contributed by atoms with E-state index in [0.717, 1.165) is 25.7 Å². The first kappa shape index (κ1) is 16.4. The average Bonchev–Trinajstić information content (AvgIpc) is 2.31. The Morgan fingerprint density at radius 2 is 1.61 bits per heavy atom. The van der Waals surface area contributed by atoms with E-state index < -0.39 is 12.0 Å². The van der Waals surface area contributed by atoms with Crippen molar-refractivity contribution in [3.8, 4) is 0 Å². The number of hydrogen-bond acceptors (Lipinski definition) is 6. The molecule has 104 valence electrons. The lowest BCUT2D eigenvalue weighted by molar-refractivity contribution is -0.145. The summed E-state index contributed by atoms with van der Waals surface area (Å²) in [5.74, 6) is -0.953. The van der Waals surface area contributed by atoms with Gasteiger partial charge in [-0.1, -0.05) is 6.58 Å². The molecule has 0 amide bonds. The summed E-state index contributed by atoms with van der Waals surface area (Å²) >= 11 is 0. The fraction of sp³-hybridized carbons (Fsp3) is 0.667. The summed E-state index contributed by atoms with van der Waals surface area (Å²) in [7, 11) is 0. The Morgan fingerprint density at radius 3 is 2.06 bits per heavy atom. The van der Waals surface area contributed by atoms with Gasteiger partial charge in [-0.25, -0.2) is 4.79 Å². The molecule has 6 nitrogen and oxygen atoms in total. The maximum atomic E-state index is 11.0. The van der Waals surface area contributed by atoms with Gasteiger partial charge in [0, 0.05) is 0 Å². The van der Waals surface area contributed by atoms with Crippen molar-refractivity contribution in [3.05, 3.63) is 12.3 Å². The summed E-state index contributed by atoms with van der Waals surface area (Å²) in [5, 5.41) is 0. The van der Waals surface area contributed by atoms with Gasteiger partial charge in [-0.2, -0.15) is 0 Å². The van der Waals surface area contributed by atoms with E-state index in [4.69, 9.17) is 20.9 Å². The van der Waals surface area contributed by atoms with E-state index in [2.05, 4.69) is 6.58 Å². The van der Waals surface area contributed by atoms with E-state index in [9.17, 15) is 9.59 Å². The van der Waals surface area contributed by atoms with E-state index in [-0.39, 0.29) is 11.7 Å². The third-order valence-corrected chi connectivity index (χ3v) is 2.15. The Morgan fingerprint density at radius 1 is 1.11 bits per heavy atom. The first-order valence-electron chi connectivity index (χ1n) is 5.99. The molecular weight excluding hydrogens is 236 g/mol. The zero-order chi connectivity index (χ0) is 14.0. The van der Waals surface area contributed by atoms with Gasteiger partial charge in [0.15, 0.2) is 0 Å². The standard InChI is InChI=1S/C12H22N2O4/c1-9(13)11(15)17-7-5-3-4-6-8-18-12(16)10(2)14/h10H,1,3-8,13-14H2,2H3. The highest BCUT2D eigenvalue weighted by atomic mass is 16.5. The van der Waals surface area contributed by atoms with E-state index in [1.54, 1.807) is 6.92 Å². The number of carbonyl (C=O) groups is 2. The van der Waals surface area contributed by atoms with Crippen molar-refractivity contribution >= 4 is 11.9 Å². The third-order valence-electron chi connectivity index (χ3n) is 2.15. The minimum Gasteiger partial charge on any atom is -0.465 e. The molecule has 0 saturated carbocycles. The molecule has 0 aromatic heterocycles. The second-order valence-electron chi connectivity index (χ2n) is 4.03. The monoisotopic (exact) mass is 258 g/mol. The summed E-state index contributed by atoms with van der Waals surface area (Å²) in [4.78, 5) is 21.9. The molecule has 0 spiro atoms. The van der Waals surface area contributed by atoms with Crippen molar-refractivity contribution in [1.29, 1.82) is 0 Å². The Hall–Kier alpha value is -1.56. The number of nitrogens with two attached hydrogens (primary N) is 2. The van der Waals surface area contributed by atoms with E-state index in [1.807, 2.05) is 0 Å². The quantitative estimate of drug-likeness (QED) is 0.353. The normalized spacial score (nSPS) is 11.7. The van der Waals surface area contributed by atoms with Crippen LogP contribution in [0.2, 0.25) is 0 Å². The van der Waals surface area contributed by atoms with Crippen molar-refractivity contribution in [2.45, 2.75) is 38.6 Å². The third kappa shape index (κ3) is 8.58. The average molecular weight is 258 g/mol. The maximum absolute atomic E-state index is 11.0. The molecule has 6 heteroatoms. The van der Waals surface area contributed by atoms with Crippen molar-refractivity contribution in [1.82, 2.24) is 0 Å². The molecule has 1 atom stereocenters. The molecule has 0 saturated heterocycles. The van der Waals surface area contributed by atoms with Gasteiger partial charge in [-0.3, -0.25) is 4.79 Å². The SMILES string of the molecule is C=C(N)C(=O)OCCCCCCOC(=O)C(C)N. The number of esters is 2. The Bertz CT molecular complexity index is 290. The first-order chi connectivity index (χ1) is 8.45. The molecule has 0 aromatic carbocycles. The van der Waals surface area contributed by atoms with E-state index in [1.165, 1.54) is 0 Å². The van der Waals surface area contributed by atoms with Crippen LogP contribution in [0.15, 0.2) is 12.3 Å². The highest BCUT2D eigenvalue weighted by Gasteiger charge is 2.07. The van der Waals surface area contributed by atoms with Crippen LogP contribution in [0.5, 0.6) is 0 Å². The number of hydrogen-bond donors (Lipinski definition) is 2. The molecule has 0 aromatic rings. The summed E-state index contributed by atoms with van der Waals surface area (Å²) in [6, 6.07) is -0.575. The molecule has 0 fully saturated rings. The lowest BCUT2D eigenvalue weighted by Gasteiger charge is -2.07. The fourth-order valence-corrected chi connectivity index (χ4v) is 1.12. The number of unbranched alkanes of at least 4 members (excludes halogenated alkanes) is 3. The number of carbonyl (C=O) groups excluding carboxylic acids is 2. The van der Waals surface area contributed by atoms with Crippen molar-refractivity contribution in [2.75, 3.05) is 13.2 Å². The van der Waals surface area contributed by atoms with Crippen LogP contribution >= 0.6 is 0 Å². The molecule has 1 unspecified atom stereocenters. The van der Waals surface area contributed by atoms with Gasteiger partial charge in [0.1, 0.15) is 11.7 Å². The molecule has 0 rings (SSSR count). The Labute approximate surface area is 107 Å².